The third-order valence-corrected chi connectivity index (χ3v) is 2.99. The summed E-state index contributed by atoms with van der Waals surface area (Å²) < 4.78 is 0. The number of hydrogen-bond acceptors (Lipinski definition) is 0. The van der Waals surface area contributed by atoms with E-state index >= 15 is 0 Å². The van der Waals surface area contributed by atoms with E-state index in [4.69, 9.17) is 11.6 Å². The van der Waals surface area contributed by atoms with Gasteiger partial charge in [-0.3, -0.25) is 0 Å². The van der Waals surface area contributed by atoms with Gasteiger partial charge < -0.3 is 0 Å². The van der Waals surface area contributed by atoms with Crippen LogP contribution < -0.4 is 0 Å². The van der Waals surface area contributed by atoms with Crippen molar-refractivity contribution in [1.82, 2.24) is 0 Å². The fourth-order valence-electron chi connectivity index (χ4n) is 1.82. The van der Waals surface area contributed by atoms with E-state index in [1.165, 1.54) is 16.5 Å². The Hall–Kier alpha value is -1.01. The molecule has 0 radical (unpaired) electrons. The lowest BCUT2D eigenvalue weighted by Gasteiger charge is -2.06. The van der Waals surface area contributed by atoms with E-state index in [2.05, 4.69) is 32.0 Å². The molecule has 0 saturated heterocycles. The van der Waals surface area contributed by atoms with Crippen LogP contribution in [0.25, 0.3) is 10.8 Å². The molecule has 2 aromatic rings. The molecule has 14 heavy (non-hydrogen) atoms. The van der Waals surface area contributed by atoms with Crippen LogP contribution >= 0.6 is 11.6 Å². The minimum absolute atomic E-state index is 0.841. The van der Waals surface area contributed by atoms with Crippen molar-refractivity contribution in [2.45, 2.75) is 20.3 Å². The predicted octanol–water partition coefficient (Wildman–Crippen LogP) is 4.36. The molecule has 0 aliphatic heterocycles. The Labute approximate surface area is 89.5 Å². The number of benzene rings is 2. The van der Waals surface area contributed by atoms with Crippen molar-refractivity contribution in [2.75, 3.05) is 0 Å². The highest BCUT2D eigenvalue weighted by Gasteiger charge is 2.02. The summed E-state index contributed by atoms with van der Waals surface area (Å²) in [5.74, 6) is 0. The van der Waals surface area contributed by atoms with Gasteiger partial charge in [0.2, 0.25) is 0 Å². The summed E-state index contributed by atoms with van der Waals surface area (Å²) in [7, 11) is 0. The molecule has 72 valence electrons. The summed E-state index contributed by atoms with van der Waals surface area (Å²) in [6.07, 6.45) is 1.08. The highest BCUT2D eigenvalue weighted by Crippen LogP contribution is 2.26. The molecule has 0 amide bonds. The zero-order valence-electron chi connectivity index (χ0n) is 8.47. The lowest BCUT2D eigenvalue weighted by Crippen LogP contribution is -1.87. The first-order valence-electron chi connectivity index (χ1n) is 4.90. The zero-order valence-corrected chi connectivity index (χ0v) is 9.23. The molecule has 0 bridgehead atoms. The Bertz CT molecular complexity index is 472. The number of fused-ring (bicyclic) bond motifs is 1. The molecule has 0 aliphatic rings. The van der Waals surface area contributed by atoms with E-state index in [1.807, 2.05) is 12.1 Å². The molecule has 2 aromatic carbocycles. The van der Waals surface area contributed by atoms with Gasteiger partial charge in [-0.15, -0.1) is 0 Å². The standard InChI is InChI=1S/C13H13Cl/c1-3-10-8-11-5-4-6-13(14)12(11)7-9(10)2/h4-8H,3H2,1-2H3. The quantitative estimate of drug-likeness (QED) is 0.648. The Morgan fingerprint density at radius 3 is 2.71 bits per heavy atom. The van der Waals surface area contributed by atoms with E-state index in [-0.39, 0.29) is 0 Å². The Kier molecular flexibility index (Phi) is 2.47. The van der Waals surface area contributed by atoms with Crippen LogP contribution in [-0.2, 0) is 6.42 Å². The summed E-state index contributed by atoms with van der Waals surface area (Å²) in [5, 5.41) is 3.23. The summed E-state index contributed by atoms with van der Waals surface area (Å²) >= 11 is 6.12. The van der Waals surface area contributed by atoms with Gasteiger partial charge in [-0.1, -0.05) is 36.7 Å². The van der Waals surface area contributed by atoms with Gasteiger partial charge in [-0.05, 0) is 42.0 Å². The number of aryl methyl sites for hydroxylation is 2. The summed E-state index contributed by atoms with van der Waals surface area (Å²) in [6, 6.07) is 10.5. The van der Waals surface area contributed by atoms with E-state index < -0.39 is 0 Å². The fourth-order valence-corrected chi connectivity index (χ4v) is 2.06. The minimum Gasteiger partial charge on any atom is -0.0837 e. The number of rotatable bonds is 1. The molecular weight excluding hydrogens is 192 g/mol. The largest absolute Gasteiger partial charge is 0.0837 e. The van der Waals surface area contributed by atoms with Gasteiger partial charge in [0.15, 0.2) is 0 Å². The van der Waals surface area contributed by atoms with Crippen LogP contribution in [-0.4, -0.2) is 0 Å². The zero-order chi connectivity index (χ0) is 10.1. The lowest BCUT2D eigenvalue weighted by molar-refractivity contribution is 1.12. The Morgan fingerprint density at radius 2 is 2.00 bits per heavy atom. The van der Waals surface area contributed by atoms with E-state index in [0.29, 0.717) is 0 Å². The first-order valence-corrected chi connectivity index (χ1v) is 5.28. The minimum atomic E-state index is 0.841. The van der Waals surface area contributed by atoms with Crippen LogP contribution in [0.3, 0.4) is 0 Å². The van der Waals surface area contributed by atoms with E-state index in [1.54, 1.807) is 0 Å². The second-order valence-electron chi connectivity index (χ2n) is 3.59. The average Bonchev–Trinajstić information content (AvgIpc) is 2.19. The van der Waals surface area contributed by atoms with Crippen molar-refractivity contribution in [1.29, 1.82) is 0 Å². The molecule has 0 nitrogen and oxygen atoms in total. The highest BCUT2D eigenvalue weighted by atomic mass is 35.5. The van der Waals surface area contributed by atoms with Gasteiger partial charge in [0.1, 0.15) is 0 Å². The predicted molar refractivity (Wildman–Crippen MR) is 63.1 cm³/mol. The molecule has 0 N–H and O–H groups in total. The molecular formula is C13H13Cl. The third kappa shape index (κ3) is 1.51. The van der Waals surface area contributed by atoms with Crippen molar-refractivity contribution in [3.63, 3.8) is 0 Å². The van der Waals surface area contributed by atoms with Crippen LogP contribution in [0.5, 0.6) is 0 Å². The maximum atomic E-state index is 6.12. The summed E-state index contributed by atoms with van der Waals surface area (Å²) in [4.78, 5) is 0. The highest BCUT2D eigenvalue weighted by molar-refractivity contribution is 6.35. The maximum Gasteiger partial charge on any atom is 0.0484 e. The lowest BCUT2D eigenvalue weighted by atomic mass is 10.0. The molecule has 0 atom stereocenters. The van der Waals surface area contributed by atoms with Crippen molar-refractivity contribution in [3.8, 4) is 0 Å². The van der Waals surface area contributed by atoms with Gasteiger partial charge in [0, 0.05) is 10.4 Å². The van der Waals surface area contributed by atoms with E-state index in [9.17, 15) is 0 Å². The van der Waals surface area contributed by atoms with Gasteiger partial charge in [-0.2, -0.15) is 0 Å². The second-order valence-corrected chi connectivity index (χ2v) is 4.00. The molecule has 2 rings (SSSR count). The van der Waals surface area contributed by atoms with Crippen molar-refractivity contribution in [3.05, 3.63) is 46.5 Å². The molecule has 0 heterocycles. The smallest absolute Gasteiger partial charge is 0.0484 e. The summed E-state index contributed by atoms with van der Waals surface area (Å²) in [5.41, 5.74) is 2.73. The van der Waals surface area contributed by atoms with Crippen LogP contribution in [0.4, 0.5) is 0 Å². The average molecular weight is 205 g/mol. The topological polar surface area (TPSA) is 0 Å². The van der Waals surface area contributed by atoms with Crippen LogP contribution in [0.15, 0.2) is 30.3 Å². The Morgan fingerprint density at radius 1 is 1.21 bits per heavy atom. The fraction of sp³-hybridized carbons (Fsp3) is 0.231. The molecule has 0 saturated carbocycles. The first kappa shape index (κ1) is 9.54. The third-order valence-electron chi connectivity index (χ3n) is 2.66. The number of hydrogen-bond donors (Lipinski definition) is 0. The van der Waals surface area contributed by atoms with Crippen molar-refractivity contribution in [2.24, 2.45) is 0 Å². The van der Waals surface area contributed by atoms with Crippen LogP contribution in [0, 0.1) is 6.92 Å². The van der Waals surface area contributed by atoms with Gasteiger partial charge in [0.05, 0.1) is 0 Å². The first-order chi connectivity index (χ1) is 6.72. The molecule has 0 fully saturated rings. The van der Waals surface area contributed by atoms with Crippen molar-refractivity contribution < 1.29 is 0 Å². The SMILES string of the molecule is CCc1cc2cccc(Cl)c2cc1C. The van der Waals surface area contributed by atoms with Gasteiger partial charge in [-0.25, -0.2) is 0 Å². The molecule has 0 aliphatic carbocycles. The maximum absolute atomic E-state index is 6.12. The van der Waals surface area contributed by atoms with E-state index in [0.717, 1.165) is 16.8 Å². The molecule has 1 heteroatoms. The van der Waals surface area contributed by atoms with Crippen LogP contribution in [0.2, 0.25) is 5.02 Å². The Balaban J connectivity index is 2.79. The second kappa shape index (κ2) is 3.62. The molecule has 0 spiro atoms. The van der Waals surface area contributed by atoms with Crippen molar-refractivity contribution >= 4 is 22.4 Å². The normalized spacial score (nSPS) is 10.8. The van der Waals surface area contributed by atoms with Crippen LogP contribution in [0.1, 0.15) is 18.1 Å². The monoisotopic (exact) mass is 204 g/mol. The van der Waals surface area contributed by atoms with Gasteiger partial charge >= 0.3 is 0 Å². The number of halogens is 1. The molecule has 0 unspecified atom stereocenters. The van der Waals surface area contributed by atoms with Gasteiger partial charge in [0.25, 0.3) is 0 Å². The molecule has 0 aromatic heterocycles. The summed E-state index contributed by atoms with van der Waals surface area (Å²) in [6.45, 7) is 4.32.